The molecule has 0 spiro atoms. The Hall–Kier alpha value is -6.55. The summed E-state index contributed by atoms with van der Waals surface area (Å²) in [5, 5.41) is 16.5. The SMILES string of the molecule is CCN1c2cc3c(cc2C(C)=CC1(C)C)C(=CC=CC=CC1=[N+](CCCS(=O)(=O)O)c2ccc(S(=O)(=O)O)cc2C1(C)CCCC(=O)NCCNC(=O)O[C@@H]1[C@H](O)[C@@H](COP(=O)(O)OP(=O)(O)OP(=O)(O)O)O[C@H]1[n+]1cn(C)c2c(=O)[nH]c(N)nc21)C=C(C(C)(C)C)O3. The van der Waals surface area contributed by atoms with Gasteiger partial charge in [0.25, 0.3) is 31.7 Å². The van der Waals surface area contributed by atoms with Crippen molar-refractivity contribution in [1.82, 2.24) is 25.2 Å². The van der Waals surface area contributed by atoms with E-state index in [0.29, 0.717) is 22.7 Å². The first-order valence-electron chi connectivity index (χ1n) is 28.9. The molecule has 93 heavy (non-hydrogen) atoms. The predicted octanol–water partition coefficient (Wildman–Crippen LogP) is 5.24. The summed E-state index contributed by atoms with van der Waals surface area (Å²) in [5.74, 6) is 0.0178. The fourth-order valence-electron chi connectivity index (χ4n) is 11.7. The number of benzene rings is 2. The maximum Gasteiger partial charge on any atom is 0.490 e. The van der Waals surface area contributed by atoms with Crippen LogP contribution in [-0.2, 0) is 73.8 Å². The van der Waals surface area contributed by atoms with Crippen LogP contribution >= 0.6 is 23.5 Å². The average Bonchev–Trinajstić information content (AvgIpc) is 1.23. The van der Waals surface area contributed by atoms with Crippen LogP contribution in [0.15, 0.2) is 94.6 Å². The van der Waals surface area contributed by atoms with E-state index in [-0.39, 0.29) is 73.4 Å². The maximum atomic E-state index is 13.5. The Kier molecular flexibility index (Phi) is 21.2. The number of rotatable bonds is 25. The van der Waals surface area contributed by atoms with Crippen LogP contribution in [0.3, 0.4) is 0 Å². The molecule has 32 nitrogen and oxygen atoms in total. The van der Waals surface area contributed by atoms with Crippen molar-refractivity contribution < 1.29 is 110 Å². The number of nitrogens with one attached hydrogen (secondary N) is 3. The number of amides is 2. The van der Waals surface area contributed by atoms with Crippen molar-refractivity contribution in [3.8, 4) is 5.75 Å². The molecule has 4 aromatic rings. The van der Waals surface area contributed by atoms with Crippen LogP contribution in [0.5, 0.6) is 5.75 Å². The van der Waals surface area contributed by atoms with Crippen molar-refractivity contribution in [2.75, 3.05) is 49.2 Å². The number of carbonyl (C=O) groups excluding carboxylic acids is 2. The zero-order valence-corrected chi connectivity index (χ0v) is 56.3. The topological polar surface area (TPSA) is 462 Å². The fourth-order valence-corrected chi connectivity index (χ4v) is 15.7. The fraction of sp³-hybridized carbons (Fsp3) is 0.464. The Labute approximate surface area is 535 Å². The number of aromatic amines is 1. The molecule has 12 N–H and O–H groups in total. The number of carbonyl (C=O) groups is 2. The van der Waals surface area contributed by atoms with Gasteiger partial charge in [-0.3, -0.25) is 32.8 Å². The first kappa shape index (κ1) is 72.3. The molecule has 37 heteroatoms. The standard InChI is InChI=1S/C56H74N9O23P3S2/c1-10-65-40-29-41-37(28-36(40)33(2)30-55(65,6)7)34(26-44(84-41)54(3,4)5)16-12-11-13-17-43-56(8,38-27-35(93(80,81)82)19-20-39(38)63(43)24-15-25-92(77,78)79)21-14-18-45(66)58-22-23-59-53(69)86-48-47(67)42(31-83-90(73,74)88-91(75,76)87-89(70,71)72)85-51(48)64-32-62(9)46-49(64)60-52(57)61-50(46)68/h11-13,16-17,19-20,26-30,32,42,47-48,51,67H,10,14-15,18,21-25,31H2,1-9H3,(H9-2,57,58,59,60,61,66,68,69,70,71,72,73,74,75,76,77,78,79,80,81,82)/p+2/t42-,47-,48-,51-,56?/m1/s1. The van der Waals surface area contributed by atoms with Crippen LogP contribution in [0, 0.1) is 5.41 Å². The number of aromatic nitrogens is 4. The third kappa shape index (κ3) is 17.1. The van der Waals surface area contributed by atoms with Gasteiger partial charge in [0, 0.05) is 78.5 Å². The molecule has 8 rings (SSSR count). The quantitative estimate of drug-likeness (QED) is 0.0133. The highest BCUT2D eigenvalue weighted by atomic mass is 32.2. The molecule has 7 atom stereocenters. The number of likely N-dealkylation sites (N-methyl/N-ethyl adjacent to an activating group) is 1. The predicted molar refractivity (Wildman–Crippen MR) is 337 cm³/mol. The number of nitrogens with two attached hydrogens (primary N) is 1. The van der Waals surface area contributed by atoms with Gasteiger partial charge in [0.05, 0.1) is 35.3 Å². The summed E-state index contributed by atoms with van der Waals surface area (Å²) in [6, 6.07) is 8.27. The van der Waals surface area contributed by atoms with E-state index in [9.17, 15) is 68.9 Å². The van der Waals surface area contributed by atoms with Gasteiger partial charge in [0.1, 0.15) is 30.3 Å². The number of fused-ring (bicyclic) bond motifs is 4. The van der Waals surface area contributed by atoms with E-state index in [1.54, 1.807) is 22.8 Å². The van der Waals surface area contributed by atoms with Gasteiger partial charge in [0.15, 0.2) is 18.1 Å². The summed E-state index contributed by atoms with van der Waals surface area (Å²) in [5.41, 5.74) is 9.71. The highest BCUT2D eigenvalue weighted by Crippen LogP contribution is 2.66. The van der Waals surface area contributed by atoms with E-state index in [2.05, 4.69) is 105 Å². The second-order valence-corrected chi connectivity index (χ2v) is 31.6. The van der Waals surface area contributed by atoms with E-state index in [4.69, 9.17) is 29.7 Å². The lowest BCUT2D eigenvalue weighted by molar-refractivity contribution is -0.745. The van der Waals surface area contributed by atoms with Crippen LogP contribution in [0.2, 0.25) is 0 Å². The van der Waals surface area contributed by atoms with Gasteiger partial charge in [-0.2, -0.15) is 30.0 Å². The molecule has 0 aliphatic carbocycles. The third-order valence-electron chi connectivity index (χ3n) is 15.7. The Morgan fingerprint density at radius 3 is 2.31 bits per heavy atom. The number of hydrogen-bond acceptors (Lipinski definition) is 20. The van der Waals surface area contributed by atoms with Gasteiger partial charge >= 0.3 is 35.2 Å². The van der Waals surface area contributed by atoms with Crippen molar-refractivity contribution in [2.24, 2.45) is 12.5 Å². The van der Waals surface area contributed by atoms with Crippen molar-refractivity contribution in [1.29, 1.82) is 0 Å². The molecule has 1 saturated heterocycles. The molecule has 508 valence electrons. The molecule has 4 aliphatic heterocycles. The molecule has 2 aromatic carbocycles. The maximum absolute atomic E-state index is 13.5. The van der Waals surface area contributed by atoms with E-state index in [1.807, 2.05) is 25.2 Å². The number of nitrogens with zero attached hydrogens (tertiary/aromatic N) is 5. The van der Waals surface area contributed by atoms with E-state index in [1.165, 1.54) is 36.1 Å². The van der Waals surface area contributed by atoms with Crippen molar-refractivity contribution >= 4 is 101 Å². The Bertz CT molecular complexity index is 4280. The zero-order chi connectivity index (χ0) is 68.8. The largest absolute Gasteiger partial charge is 0.490 e. The molecule has 1 fully saturated rings. The molecule has 0 radical (unpaired) electrons. The van der Waals surface area contributed by atoms with Gasteiger partial charge in [-0.1, -0.05) is 56.1 Å². The number of phosphoric acid groups is 3. The summed E-state index contributed by atoms with van der Waals surface area (Å²) in [4.78, 5) is 85.6. The molecule has 6 heterocycles. The summed E-state index contributed by atoms with van der Waals surface area (Å²) < 4.78 is 139. The number of H-pyrrole nitrogens is 1. The van der Waals surface area contributed by atoms with Crippen molar-refractivity contribution in [3.63, 3.8) is 0 Å². The number of ether oxygens (including phenoxy) is 3. The molecule has 3 unspecified atom stereocenters. The molecule has 2 aromatic heterocycles. The summed E-state index contributed by atoms with van der Waals surface area (Å²) in [7, 11) is -25.2. The second kappa shape index (κ2) is 27.3. The number of alkyl carbamates (subject to hydrolysis) is 1. The normalized spacial score (nSPS) is 22.5. The Balaban J connectivity index is 0.977. The third-order valence-corrected chi connectivity index (χ3v) is 21.2. The van der Waals surface area contributed by atoms with Crippen LogP contribution in [0.25, 0.3) is 22.3 Å². The number of aliphatic hydroxyl groups is 1. The number of hydrogen-bond donors (Lipinski definition) is 11. The average molecular weight is 1400 g/mol. The van der Waals surface area contributed by atoms with E-state index < -0.39 is 108 Å². The molecule has 4 aliphatic rings. The van der Waals surface area contributed by atoms with Crippen molar-refractivity contribution in [2.45, 2.75) is 121 Å². The lowest BCUT2D eigenvalue weighted by atomic mass is 9.75. The minimum absolute atomic E-state index is 0.0392. The molecular formula is C56H76N9O23P3S2+2. The highest BCUT2D eigenvalue weighted by molar-refractivity contribution is 7.86. The van der Waals surface area contributed by atoms with Gasteiger partial charge in [0.2, 0.25) is 23.3 Å². The van der Waals surface area contributed by atoms with Gasteiger partial charge < -0.3 is 60.2 Å². The summed E-state index contributed by atoms with van der Waals surface area (Å²) in [6.07, 6.45) is 6.47. The summed E-state index contributed by atoms with van der Waals surface area (Å²) in [6.45, 7) is 15.7. The number of anilines is 2. The van der Waals surface area contributed by atoms with E-state index in [0.717, 1.165) is 44.8 Å². The Morgan fingerprint density at radius 1 is 0.957 bits per heavy atom. The number of imidazole rings is 1. The minimum Gasteiger partial charge on any atom is -0.460 e. The van der Waals surface area contributed by atoms with Gasteiger partial charge in [-0.25, -0.2) is 23.1 Å². The van der Waals surface area contributed by atoms with Gasteiger partial charge in [-0.05, 0) is 82.9 Å². The lowest BCUT2D eigenvalue weighted by Crippen LogP contribution is -2.49. The van der Waals surface area contributed by atoms with Gasteiger partial charge in [-0.15, -0.1) is 0 Å². The monoisotopic (exact) mass is 1400 g/mol. The first-order valence-corrected chi connectivity index (χ1v) is 36.5. The smallest absolute Gasteiger partial charge is 0.460 e. The molecule has 0 bridgehead atoms. The van der Waals surface area contributed by atoms with Crippen LogP contribution in [-0.4, -0.2) is 150 Å². The lowest BCUT2D eigenvalue weighted by Gasteiger charge is -2.43. The van der Waals surface area contributed by atoms with Crippen LogP contribution in [0.4, 0.5) is 22.1 Å². The zero-order valence-electron chi connectivity index (χ0n) is 52.0. The first-order chi connectivity index (χ1) is 43.0. The van der Waals surface area contributed by atoms with Crippen LogP contribution in [0.1, 0.15) is 104 Å². The highest BCUT2D eigenvalue weighted by Gasteiger charge is 2.52. The number of phosphoric ester groups is 1. The van der Waals surface area contributed by atoms with E-state index >= 15 is 0 Å². The molecule has 2 amide bonds. The molecular weight excluding hydrogens is 1320 g/mol. The minimum atomic E-state index is -5.95. The number of nitrogen functional groups attached to an aromatic ring is 1. The summed E-state index contributed by atoms with van der Waals surface area (Å²) >= 11 is 0. The number of allylic oxidation sites excluding steroid dienone is 9. The molecule has 0 saturated carbocycles. The van der Waals surface area contributed by atoms with Crippen LogP contribution < -0.4 is 36.1 Å². The van der Waals surface area contributed by atoms with Crippen molar-refractivity contribution in [3.05, 3.63) is 112 Å². The number of aliphatic hydroxyl groups excluding tert-OH is 1. The second-order valence-electron chi connectivity index (χ2n) is 24.2. The Morgan fingerprint density at radius 2 is 1.66 bits per heavy atom. The number of aryl methyl sites for hydroxylation is 1.